The molecule has 2 aromatic carbocycles. The number of anilines is 1. The Balaban J connectivity index is 2.08. The molecule has 0 saturated carbocycles. The van der Waals surface area contributed by atoms with Gasteiger partial charge >= 0.3 is 0 Å². The van der Waals surface area contributed by atoms with Crippen molar-refractivity contribution in [3.63, 3.8) is 0 Å². The number of carbonyl (C=O) groups is 1. The quantitative estimate of drug-likeness (QED) is 0.424. The molecule has 1 heterocycles. The normalized spacial score (nSPS) is 11.2. The number of amides is 1. The van der Waals surface area contributed by atoms with Gasteiger partial charge in [0.1, 0.15) is 11.3 Å². The van der Waals surface area contributed by atoms with E-state index in [0.717, 1.165) is 30.5 Å². The van der Waals surface area contributed by atoms with E-state index in [1.54, 1.807) is 12.1 Å². The highest BCUT2D eigenvalue weighted by atomic mass is 32.1. The maximum Gasteiger partial charge on any atom is 0.260 e. The molecule has 0 aliphatic rings. The first-order valence-corrected chi connectivity index (χ1v) is 11.3. The molecule has 0 saturated heterocycles. The van der Waals surface area contributed by atoms with Crippen molar-refractivity contribution in [3.05, 3.63) is 41.5 Å². The second kappa shape index (κ2) is 10.8. The average molecular weight is 480 g/mol. The molecule has 3 rings (SSSR count). The zero-order valence-electron chi connectivity index (χ0n) is 19.3. The van der Waals surface area contributed by atoms with Crippen LogP contribution in [-0.2, 0) is 0 Å². The van der Waals surface area contributed by atoms with Crippen molar-refractivity contribution in [3.8, 4) is 17.2 Å². The summed E-state index contributed by atoms with van der Waals surface area (Å²) >= 11 is 1.06. The molecular formula is C23H27F2N3O4S. The fourth-order valence-corrected chi connectivity index (χ4v) is 4.52. The fraction of sp³-hybridized carbons (Fsp3) is 0.391. The molecule has 33 heavy (non-hydrogen) atoms. The van der Waals surface area contributed by atoms with Gasteiger partial charge in [-0.1, -0.05) is 25.2 Å². The number of likely N-dealkylation sites (N-methyl/N-ethyl adjacent to an activating group) is 1. The van der Waals surface area contributed by atoms with Gasteiger partial charge in [0.05, 0.1) is 26.0 Å². The van der Waals surface area contributed by atoms with Crippen LogP contribution in [0.4, 0.5) is 13.9 Å². The monoisotopic (exact) mass is 479 g/mol. The first-order chi connectivity index (χ1) is 15.9. The number of fused-ring (bicyclic) bond motifs is 1. The van der Waals surface area contributed by atoms with Crippen LogP contribution in [0.1, 0.15) is 24.2 Å². The highest BCUT2D eigenvalue weighted by Gasteiger charge is 2.25. The first kappa shape index (κ1) is 24.7. The zero-order valence-corrected chi connectivity index (χ0v) is 20.1. The second-order valence-electron chi connectivity index (χ2n) is 7.13. The number of carbonyl (C=O) groups excluding carboxylic acids is 1. The van der Waals surface area contributed by atoms with E-state index < -0.39 is 11.6 Å². The minimum Gasteiger partial charge on any atom is -0.493 e. The van der Waals surface area contributed by atoms with Crippen LogP contribution in [0.5, 0.6) is 17.2 Å². The van der Waals surface area contributed by atoms with E-state index in [-0.39, 0.29) is 22.1 Å². The predicted molar refractivity (Wildman–Crippen MR) is 125 cm³/mol. The van der Waals surface area contributed by atoms with Gasteiger partial charge in [-0.05, 0) is 31.3 Å². The van der Waals surface area contributed by atoms with Gasteiger partial charge in [0.25, 0.3) is 5.91 Å². The molecule has 0 aliphatic carbocycles. The molecule has 1 aromatic heterocycles. The molecule has 7 nitrogen and oxygen atoms in total. The molecule has 0 aliphatic heterocycles. The minimum absolute atomic E-state index is 0.0296. The Bertz CT molecular complexity index is 1110. The number of hydrogen-bond donors (Lipinski definition) is 0. The number of thiazole rings is 1. The molecule has 3 aromatic rings. The van der Waals surface area contributed by atoms with Gasteiger partial charge in [0.2, 0.25) is 5.75 Å². The van der Waals surface area contributed by atoms with Crippen molar-refractivity contribution in [2.75, 3.05) is 52.4 Å². The summed E-state index contributed by atoms with van der Waals surface area (Å²) in [6.07, 6.45) is 0. The van der Waals surface area contributed by atoms with Crippen molar-refractivity contribution in [2.45, 2.75) is 13.8 Å². The average Bonchev–Trinajstić information content (AvgIpc) is 3.24. The summed E-state index contributed by atoms with van der Waals surface area (Å²) in [5, 5.41) is 0.278. The molecule has 0 unspecified atom stereocenters. The smallest absolute Gasteiger partial charge is 0.260 e. The van der Waals surface area contributed by atoms with Crippen LogP contribution < -0.4 is 19.1 Å². The van der Waals surface area contributed by atoms with Gasteiger partial charge in [-0.2, -0.15) is 0 Å². The summed E-state index contributed by atoms with van der Waals surface area (Å²) in [4.78, 5) is 21.6. The number of aromatic nitrogens is 1. The summed E-state index contributed by atoms with van der Waals surface area (Å²) in [5.74, 6) is -0.801. The second-order valence-corrected chi connectivity index (χ2v) is 8.14. The van der Waals surface area contributed by atoms with Crippen LogP contribution in [0.25, 0.3) is 10.2 Å². The van der Waals surface area contributed by atoms with Gasteiger partial charge in [-0.15, -0.1) is 0 Å². The lowest BCUT2D eigenvalue weighted by molar-refractivity contribution is 0.0983. The van der Waals surface area contributed by atoms with Crippen LogP contribution in [0.3, 0.4) is 0 Å². The molecule has 0 fully saturated rings. The van der Waals surface area contributed by atoms with Crippen LogP contribution in [-0.4, -0.2) is 63.3 Å². The number of nitrogens with zero attached hydrogens (tertiary/aromatic N) is 3. The third kappa shape index (κ3) is 5.17. The highest BCUT2D eigenvalue weighted by Crippen LogP contribution is 2.39. The van der Waals surface area contributed by atoms with Gasteiger partial charge in [-0.3, -0.25) is 9.69 Å². The number of halogens is 2. The fourth-order valence-electron chi connectivity index (χ4n) is 3.49. The minimum atomic E-state index is -0.767. The number of benzene rings is 2. The Labute approximate surface area is 195 Å². The lowest BCUT2D eigenvalue weighted by Crippen LogP contribution is -2.38. The van der Waals surface area contributed by atoms with E-state index in [1.165, 1.54) is 32.3 Å². The molecule has 178 valence electrons. The van der Waals surface area contributed by atoms with Crippen molar-refractivity contribution >= 4 is 32.6 Å². The van der Waals surface area contributed by atoms with E-state index in [2.05, 4.69) is 9.88 Å². The van der Waals surface area contributed by atoms with E-state index in [9.17, 15) is 13.6 Å². The molecule has 0 spiro atoms. The maximum atomic E-state index is 14.3. The Morgan fingerprint density at radius 2 is 1.61 bits per heavy atom. The number of ether oxygens (including phenoxy) is 3. The van der Waals surface area contributed by atoms with Gasteiger partial charge in [-0.25, -0.2) is 13.8 Å². The number of hydrogen-bond acceptors (Lipinski definition) is 7. The van der Waals surface area contributed by atoms with Crippen LogP contribution in [0.2, 0.25) is 0 Å². The molecule has 1 amide bonds. The maximum absolute atomic E-state index is 14.3. The first-order valence-electron chi connectivity index (χ1n) is 10.5. The Kier molecular flexibility index (Phi) is 8.04. The van der Waals surface area contributed by atoms with Crippen molar-refractivity contribution in [1.82, 2.24) is 9.88 Å². The van der Waals surface area contributed by atoms with Gasteiger partial charge in [0, 0.05) is 24.7 Å². The Hall–Kier alpha value is -2.98. The molecule has 0 atom stereocenters. The molecule has 0 N–H and O–H groups in total. The largest absolute Gasteiger partial charge is 0.493 e. The van der Waals surface area contributed by atoms with Gasteiger partial charge in [0.15, 0.2) is 22.4 Å². The van der Waals surface area contributed by atoms with Crippen LogP contribution >= 0.6 is 11.3 Å². The molecule has 0 bridgehead atoms. The summed E-state index contributed by atoms with van der Waals surface area (Å²) in [7, 11) is 4.41. The van der Waals surface area contributed by atoms with Crippen LogP contribution in [0, 0.1) is 11.6 Å². The molecule has 10 heteroatoms. The standard InChI is InChI=1S/C23H27F2N3O4S/c1-6-27(7-2)8-9-28(23-26-20-16(25)12-15(24)13-19(20)33-23)22(29)14-10-17(30-3)21(32-5)18(11-14)31-4/h10-13H,6-9H2,1-5H3. The third-order valence-corrected chi connectivity index (χ3v) is 6.35. The molecule has 0 radical (unpaired) electrons. The third-order valence-electron chi connectivity index (χ3n) is 5.32. The zero-order chi connectivity index (χ0) is 24.1. The number of rotatable bonds is 10. The van der Waals surface area contributed by atoms with E-state index >= 15 is 0 Å². The van der Waals surface area contributed by atoms with Crippen LogP contribution in [0.15, 0.2) is 24.3 Å². The SMILES string of the molecule is CCN(CC)CCN(C(=O)c1cc(OC)c(OC)c(OC)c1)c1nc2c(F)cc(F)cc2s1. The predicted octanol–water partition coefficient (Wildman–Crippen LogP) is 4.59. The topological polar surface area (TPSA) is 64.1 Å². The Morgan fingerprint density at radius 1 is 0.970 bits per heavy atom. The van der Waals surface area contributed by atoms with Crippen molar-refractivity contribution in [2.24, 2.45) is 0 Å². The molecular weight excluding hydrogens is 452 g/mol. The summed E-state index contributed by atoms with van der Waals surface area (Å²) < 4.78 is 44.4. The van der Waals surface area contributed by atoms with Crippen molar-refractivity contribution < 1.29 is 27.8 Å². The summed E-state index contributed by atoms with van der Waals surface area (Å²) in [6, 6.07) is 5.11. The summed E-state index contributed by atoms with van der Waals surface area (Å²) in [5.41, 5.74) is 0.317. The lowest BCUT2D eigenvalue weighted by atomic mass is 10.1. The summed E-state index contributed by atoms with van der Waals surface area (Å²) in [6.45, 7) is 6.57. The van der Waals surface area contributed by atoms with Gasteiger partial charge < -0.3 is 19.1 Å². The Morgan fingerprint density at radius 3 is 2.15 bits per heavy atom. The van der Waals surface area contributed by atoms with E-state index in [0.29, 0.717) is 35.0 Å². The van der Waals surface area contributed by atoms with E-state index in [1.807, 2.05) is 13.8 Å². The van der Waals surface area contributed by atoms with Crippen molar-refractivity contribution in [1.29, 1.82) is 0 Å². The lowest BCUT2D eigenvalue weighted by Gasteiger charge is -2.25. The number of methoxy groups -OCH3 is 3. The highest BCUT2D eigenvalue weighted by molar-refractivity contribution is 7.22. The van der Waals surface area contributed by atoms with E-state index in [4.69, 9.17) is 14.2 Å².